The average molecular weight is 380 g/mol. The molecule has 1 fully saturated rings. The van der Waals surface area contributed by atoms with Crippen molar-refractivity contribution < 1.29 is 19.4 Å². The quantitative estimate of drug-likeness (QED) is 0.566. The van der Waals surface area contributed by atoms with Crippen molar-refractivity contribution in [3.05, 3.63) is 84.4 Å². The van der Waals surface area contributed by atoms with Gasteiger partial charge >= 0.3 is 11.9 Å². The molecule has 0 radical (unpaired) electrons. The van der Waals surface area contributed by atoms with Crippen molar-refractivity contribution in [2.75, 3.05) is 0 Å². The van der Waals surface area contributed by atoms with E-state index in [0.29, 0.717) is 6.54 Å². The Labute approximate surface area is 164 Å². The van der Waals surface area contributed by atoms with Crippen LogP contribution in [-0.2, 0) is 27.5 Å². The van der Waals surface area contributed by atoms with Crippen LogP contribution in [0.4, 0.5) is 0 Å². The number of benzene rings is 2. The molecule has 0 saturated carbocycles. The zero-order valence-corrected chi connectivity index (χ0v) is 15.5. The molecule has 3 rings (SSSR count). The zero-order chi connectivity index (χ0) is 20.1. The Morgan fingerprint density at radius 1 is 1.14 bits per heavy atom. The topological polar surface area (TPSA) is 92.9 Å². The average Bonchev–Trinajstić information content (AvgIpc) is 3.01. The van der Waals surface area contributed by atoms with Gasteiger partial charge < -0.3 is 15.6 Å². The van der Waals surface area contributed by atoms with Crippen LogP contribution in [0.2, 0.25) is 0 Å². The molecular weight excluding hydrogens is 356 g/mol. The van der Waals surface area contributed by atoms with Crippen molar-refractivity contribution in [2.24, 2.45) is 11.7 Å². The number of carboxylic acids is 1. The zero-order valence-electron chi connectivity index (χ0n) is 15.5. The minimum absolute atomic E-state index is 0.0678. The summed E-state index contributed by atoms with van der Waals surface area (Å²) >= 11 is 0. The SMILES string of the molecule is C=CC1(N)C(C(=O)OCc2ccccc2)CC(C(=O)O)N1Cc1ccccc1. The van der Waals surface area contributed by atoms with E-state index in [-0.39, 0.29) is 13.0 Å². The lowest BCUT2D eigenvalue weighted by Gasteiger charge is -2.37. The first-order chi connectivity index (χ1) is 13.5. The number of esters is 1. The van der Waals surface area contributed by atoms with Crippen LogP contribution in [-0.4, -0.2) is 33.6 Å². The number of rotatable bonds is 7. The van der Waals surface area contributed by atoms with E-state index in [4.69, 9.17) is 10.5 Å². The Balaban J connectivity index is 1.81. The first-order valence-corrected chi connectivity index (χ1v) is 9.12. The Morgan fingerprint density at radius 2 is 1.71 bits per heavy atom. The molecule has 2 aromatic rings. The number of ether oxygens (including phenoxy) is 1. The highest BCUT2D eigenvalue weighted by atomic mass is 16.5. The number of hydrogen-bond donors (Lipinski definition) is 2. The van der Waals surface area contributed by atoms with E-state index >= 15 is 0 Å². The predicted molar refractivity (Wildman–Crippen MR) is 105 cm³/mol. The molecule has 1 aliphatic rings. The smallest absolute Gasteiger partial charge is 0.321 e. The Bertz CT molecular complexity index is 840. The molecule has 0 bridgehead atoms. The third kappa shape index (κ3) is 3.98. The molecule has 6 nitrogen and oxygen atoms in total. The van der Waals surface area contributed by atoms with Crippen molar-refractivity contribution in [3.8, 4) is 0 Å². The molecule has 0 amide bonds. The highest BCUT2D eigenvalue weighted by Crippen LogP contribution is 2.39. The monoisotopic (exact) mass is 380 g/mol. The predicted octanol–water partition coefficient (Wildman–Crippen LogP) is 2.55. The van der Waals surface area contributed by atoms with E-state index in [2.05, 4.69) is 6.58 Å². The summed E-state index contributed by atoms with van der Waals surface area (Å²) in [5.41, 5.74) is 6.98. The van der Waals surface area contributed by atoms with Crippen LogP contribution in [0.5, 0.6) is 0 Å². The number of carbonyl (C=O) groups excluding carboxylic acids is 1. The van der Waals surface area contributed by atoms with Gasteiger partial charge in [0.25, 0.3) is 0 Å². The molecule has 1 saturated heterocycles. The summed E-state index contributed by atoms with van der Waals surface area (Å²) in [6.45, 7) is 4.19. The number of nitrogens with two attached hydrogens (primary N) is 1. The highest BCUT2D eigenvalue weighted by Gasteiger charge is 2.55. The van der Waals surface area contributed by atoms with Crippen LogP contribution in [0, 0.1) is 5.92 Å². The summed E-state index contributed by atoms with van der Waals surface area (Å²) in [6.07, 6.45) is 1.52. The second-order valence-corrected chi connectivity index (χ2v) is 6.94. The molecule has 1 aliphatic heterocycles. The summed E-state index contributed by atoms with van der Waals surface area (Å²) < 4.78 is 5.45. The van der Waals surface area contributed by atoms with E-state index in [0.717, 1.165) is 11.1 Å². The molecule has 0 spiro atoms. The molecule has 3 N–H and O–H groups in total. The third-order valence-corrected chi connectivity index (χ3v) is 5.21. The number of carboxylic acid groups (broad SMARTS) is 1. The molecule has 3 unspecified atom stereocenters. The fourth-order valence-corrected chi connectivity index (χ4v) is 3.64. The van der Waals surface area contributed by atoms with Gasteiger partial charge in [-0.3, -0.25) is 14.5 Å². The van der Waals surface area contributed by atoms with Crippen LogP contribution in [0.25, 0.3) is 0 Å². The fourth-order valence-electron chi connectivity index (χ4n) is 3.64. The molecule has 0 aromatic heterocycles. The number of aliphatic carboxylic acids is 1. The van der Waals surface area contributed by atoms with Crippen molar-refractivity contribution in [1.29, 1.82) is 0 Å². The molecular formula is C22H24N2O4. The molecule has 3 atom stereocenters. The minimum atomic E-state index is -1.31. The van der Waals surface area contributed by atoms with Crippen molar-refractivity contribution in [2.45, 2.75) is 31.3 Å². The van der Waals surface area contributed by atoms with Gasteiger partial charge in [0.05, 0.1) is 5.92 Å². The van der Waals surface area contributed by atoms with E-state index in [1.165, 1.54) is 6.08 Å². The van der Waals surface area contributed by atoms with E-state index in [9.17, 15) is 14.7 Å². The van der Waals surface area contributed by atoms with Gasteiger partial charge in [0, 0.05) is 6.54 Å². The lowest BCUT2D eigenvalue weighted by atomic mass is 9.93. The molecule has 0 aliphatic carbocycles. The largest absolute Gasteiger partial charge is 0.480 e. The number of nitrogens with zero attached hydrogens (tertiary/aromatic N) is 1. The van der Waals surface area contributed by atoms with Crippen molar-refractivity contribution in [1.82, 2.24) is 4.90 Å². The third-order valence-electron chi connectivity index (χ3n) is 5.21. The van der Waals surface area contributed by atoms with Gasteiger partial charge in [-0.05, 0) is 17.5 Å². The van der Waals surface area contributed by atoms with Gasteiger partial charge in [-0.15, -0.1) is 0 Å². The second-order valence-electron chi connectivity index (χ2n) is 6.94. The van der Waals surface area contributed by atoms with E-state index in [1.54, 1.807) is 4.90 Å². The summed E-state index contributed by atoms with van der Waals surface area (Å²) in [6, 6.07) is 17.8. The van der Waals surface area contributed by atoms with Gasteiger partial charge in [0.2, 0.25) is 0 Å². The lowest BCUT2D eigenvalue weighted by molar-refractivity contribution is -0.152. The summed E-state index contributed by atoms with van der Waals surface area (Å²) in [5.74, 6) is -2.36. The molecule has 28 heavy (non-hydrogen) atoms. The number of likely N-dealkylation sites (tertiary alicyclic amines) is 1. The Morgan fingerprint density at radius 3 is 2.25 bits per heavy atom. The Hall–Kier alpha value is -2.96. The minimum Gasteiger partial charge on any atom is -0.480 e. The van der Waals surface area contributed by atoms with Crippen LogP contribution in [0.1, 0.15) is 17.5 Å². The number of carbonyl (C=O) groups is 2. The maximum atomic E-state index is 12.8. The van der Waals surface area contributed by atoms with Gasteiger partial charge in [0.15, 0.2) is 0 Å². The fraction of sp³-hybridized carbons (Fsp3) is 0.273. The van der Waals surface area contributed by atoms with Crippen LogP contribution < -0.4 is 5.73 Å². The van der Waals surface area contributed by atoms with Gasteiger partial charge in [-0.25, -0.2) is 0 Å². The van der Waals surface area contributed by atoms with Crippen LogP contribution in [0.3, 0.4) is 0 Å². The lowest BCUT2D eigenvalue weighted by Crippen LogP contribution is -2.58. The summed E-state index contributed by atoms with van der Waals surface area (Å²) in [5, 5.41) is 9.71. The normalized spacial score (nSPS) is 24.6. The van der Waals surface area contributed by atoms with Crippen LogP contribution >= 0.6 is 0 Å². The van der Waals surface area contributed by atoms with Gasteiger partial charge in [-0.1, -0.05) is 73.3 Å². The first-order valence-electron chi connectivity index (χ1n) is 9.12. The van der Waals surface area contributed by atoms with E-state index in [1.807, 2.05) is 60.7 Å². The number of hydrogen-bond acceptors (Lipinski definition) is 5. The van der Waals surface area contributed by atoms with E-state index < -0.39 is 29.6 Å². The standard InChI is InChI=1S/C22H24N2O4/c1-2-22(23)18(21(27)28-15-17-11-7-4-8-12-17)13-19(20(25)26)24(22)14-16-9-5-3-6-10-16/h2-12,18-19H,1,13-15,23H2,(H,25,26). The van der Waals surface area contributed by atoms with Crippen molar-refractivity contribution >= 4 is 11.9 Å². The summed E-state index contributed by atoms with van der Waals surface area (Å²) in [4.78, 5) is 26.3. The molecule has 1 heterocycles. The maximum absolute atomic E-state index is 12.8. The molecule has 6 heteroatoms. The molecule has 146 valence electrons. The summed E-state index contributed by atoms with van der Waals surface area (Å²) in [7, 11) is 0. The van der Waals surface area contributed by atoms with Crippen LogP contribution in [0.15, 0.2) is 73.3 Å². The first kappa shape index (κ1) is 19.8. The van der Waals surface area contributed by atoms with Gasteiger partial charge in [0.1, 0.15) is 18.3 Å². The Kier molecular flexibility index (Phi) is 5.92. The molecule has 2 aromatic carbocycles. The van der Waals surface area contributed by atoms with Crippen molar-refractivity contribution in [3.63, 3.8) is 0 Å². The highest BCUT2D eigenvalue weighted by molar-refractivity contribution is 5.80. The second kappa shape index (κ2) is 8.37. The maximum Gasteiger partial charge on any atom is 0.321 e. The van der Waals surface area contributed by atoms with Gasteiger partial charge in [-0.2, -0.15) is 0 Å².